The average Bonchev–Trinajstić information content (AvgIpc) is 2.96. The van der Waals surface area contributed by atoms with Gasteiger partial charge >= 0.3 is 0 Å². The van der Waals surface area contributed by atoms with E-state index in [4.69, 9.17) is 23.2 Å². The van der Waals surface area contributed by atoms with E-state index in [-0.39, 0.29) is 11.3 Å². The molecule has 0 saturated carbocycles. The maximum atomic E-state index is 13.4. The van der Waals surface area contributed by atoms with E-state index >= 15 is 0 Å². The van der Waals surface area contributed by atoms with Crippen LogP contribution in [0.25, 0.3) is 5.57 Å². The first-order chi connectivity index (χ1) is 14.4. The Labute approximate surface area is 184 Å². The molecule has 4 nitrogen and oxygen atoms in total. The molecule has 0 atom stereocenters. The molecule has 1 heterocycles. The number of carbonyl (C=O) groups excluding carboxylic acids is 2. The summed E-state index contributed by atoms with van der Waals surface area (Å²) in [5.41, 5.74) is 4.11. The van der Waals surface area contributed by atoms with Crippen LogP contribution in [0.3, 0.4) is 0 Å². The molecule has 0 fully saturated rings. The maximum absolute atomic E-state index is 13.4. The second-order valence-corrected chi connectivity index (χ2v) is 7.92. The Morgan fingerprint density at radius 2 is 1.50 bits per heavy atom. The van der Waals surface area contributed by atoms with Crippen LogP contribution in [0.15, 0.2) is 72.4 Å². The number of aryl methyl sites for hydroxylation is 2. The van der Waals surface area contributed by atoms with E-state index in [1.54, 1.807) is 42.5 Å². The van der Waals surface area contributed by atoms with Gasteiger partial charge in [-0.2, -0.15) is 0 Å². The van der Waals surface area contributed by atoms with Gasteiger partial charge in [0.15, 0.2) is 0 Å². The summed E-state index contributed by atoms with van der Waals surface area (Å²) in [5, 5.41) is 4.22. The standard InChI is InChI=1S/C24H18Cl2N2O2/c1-14-7-12-18(13-19(14)26)28-23(29)21(16-8-10-17(25)11-9-16)22(24(28)30)27-20-6-4-3-5-15(20)2/h3-13,27H,1-2H3. The van der Waals surface area contributed by atoms with Gasteiger partial charge in [-0.3, -0.25) is 9.59 Å². The molecule has 1 aliphatic heterocycles. The van der Waals surface area contributed by atoms with Gasteiger partial charge in [0.05, 0.1) is 11.3 Å². The zero-order valence-electron chi connectivity index (χ0n) is 16.4. The lowest BCUT2D eigenvalue weighted by atomic mass is 10.0. The Hall–Kier alpha value is -3.08. The van der Waals surface area contributed by atoms with Gasteiger partial charge in [0, 0.05) is 15.7 Å². The van der Waals surface area contributed by atoms with Crippen LogP contribution in [0, 0.1) is 13.8 Å². The number of benzene rings is 3. The summed E-state index contributed by atoms with van der Waals surface area (Å²) in [4.78, 5) is 28.0. The number of hydrogen-bond acceptors (Lipinski definition) is 3. The zero-order valence-corrected chi connectivity index (χ0v) is 17.9. The summed E-state index contributed by atoms with van der Waals surface area (Å²) in [6, 6.07) is 19.6. The lowest BCUT2D eigenvalue weighted by molar-refractivity contribution is -0.120. The smallest absolute Gasteiger partial charge is 0.282 e. The van der Waals surface area contributed by atoms with Gasteiger partial charge in [-0.25, -0.2) is 4.90 Å². The molecule has 0 bridgehead atoms. The summed E-state index contributed by atoms with van der Waals surface area (Å²) < 4.78 is 0. The third-order valence-corrected chi connectivity index (χ3v) is 5.69. The molecule has 1 aliphatic rings. The molecule has 0 spiro atoms. The molecule has 4 rings (SSSR count). The highest BCUT2D eigenvalue weighted by Gasteiger charge is 2.40. The van der Waals surface area contributed by atoms with Crippen LogP contribution in [-0.2, 0) is 9.59 Å². The molecule has 3 aromatic rings. The lowest BCUT2D eigenvalue weighted by Gasteiger charge is -2.16. The maximum Gasteiger partial charge on any atom is 0.282 e. The molecule has 30 heavy (non-hydrogen) atoms. The van der Waals surface area contributed by atoms with E-state index in [2.05, 4.69) is 5.32 Å². The number of rotatable bonds is 4. The number of hydrogen-bond donors (Lipinski definition) is 1. The van der Waals surface area contributed by atoms with Crippen molar-refractivity contribution in [2.75, 3.05) is 10.2 Å². The average molecular weight is 437 g/mol. The van der Waals surface area contributed by atoms with E-state index in [9.17, 15) is 9.59 Å². The molecule has 1 N–H and O–H groups in total. The molecule has 0 unspecified atom stereocenters. The fourth-order valence-electron chi connectivity index (χ4n) is 3.33. The monoisotopic (exact) mass is 436 g/mol. The van der Waals surface area contributed by atoms with Crippen LogP contribution in [0.5, 0.6) is 0 Å². The number of nitrogens with zero attached hydrogens (tertiary/aromatic N) is 1. The van der Waals surface area contributed by atoms with E-state index in [1.165, 1.54) is 0 Å². The van der Waals surface area contributed by atoms with Gasteiger partial charge in [-0.05, 0) is 60.9 Å². The predicted octanol–water partition coefficient (Wildman–Crippen LogP) is 6.01. The molecule has 2 amide bonds. The molecule has 0 aromatic heterocycles. The number of imide groups is 1. The third kappa shape index (κ3) is 3.60. The minimum absolute atomic E-state index is 0.216. The normalized spacial score (nSPS) is 13.9. The zero-order chi connectivity index (χ0) is 21.4. The summed E-state index contributed by atoms with van der Waals surface area (Å²) in [6.07, 6.45) is 0. The van der Waals surface area contributed by atoms with E-state index in [0.717, 1.165) is 21.7 Å². The van der Waals surface area contributed by atoms with Crippen LogP contribution >= 0.6 is 23.2 Å². The van der Waals surface area contributed by atoms with Crippen molar-refractivity contribution in [1.82, 2.24) is 0 Å². The highest BCUT2D eigenvalue weighted by atomic mass is 35.5. The number of para-hydroxylation sites is 1. The summed E-state index contributed by atoms with van der Waals surface area (Å²) in [6.45, 7) is 3.80. The SMILES string of the molecule is Cc1ccc(N2C(=O)C(Nc3ccccc3C)=C(c3ccc(Cl)cc3)C2=O)cc1Cl. The van der Waals surface area contributed by atoms with Gasteiger partial charge in [0.25, 0.3) is 11.8 Å². The highest BCUT2D eigenvalue weighted by Crippen LogP contribution is 2.35. The number of amides is 2. The predicted molar refractivity (Wildman–Crippen MR) is 122 cm³/mol. The Balaban J connectivity index is 1.84. The minimum atomic E-state index is -0.437. The van der Waals surface area contributed by atoms with Crippen molar-refractivity contribution in [2.45, 2.75) is 13.8 Å². The Morgan fingerprint density at radius 1 is 0.800 bits per heavy atom. The van der Waals surface area contributed by atoms with E-state index in [1.807, 2.05) is 38.1 Å². The van der Waals surface area contributed by atoms with Crippen LogP contribution in [0.1, 0.15) is 16.7 Å². The molecule has 0 saturated heterocycles. The molecule has 0 aliphatic carbocycles. The Morgan fingerprint density at radius 3 is 2.17 bits per heavy atom. The van der Waals surface area contributed by atoms with Crippen molar-refractivity contribution in [3.63, 3.8) is 0 Å². The Kier molecular flexibility index (Phi) is 5.37. The van der Waals surface area contributed by atoms with Crippen LogP contribution < -0.4 is 10.2 Å². The minimum Gasteiger partial charge on any atom is -0.350 e. The van der Waals surface area contributed by atoms with Crippen molar-refractivity contribution >= 4 is 52.0 Å². The molecular formula is C24H18Cl2N2O2. The van der Waals surface area contributed by atoms with Crippen molar-refractivity contribution in [3.8, 4) is 0 Å². The van der Waals surface area contributed by atoms with Gasteiger partial charge in [0.2, 0.25) is 0 Å². The van der Waals surface area contributed by atoms with Crippen molar-refractivity contribution in [2.24, 2.45) is 0 Å². The second-order valence-electron chi connectivity index (χ2n) is 7.08. The highest BCUT2D eigenvalue weighted by molar-refractivity contribution is 6.46. The van der Waals surface area contributed by atoms with Crippen molar-refractivity contribution in [3.05, 3.63) is 99.2 Å². The van der Waals surface area contributed by atoms with Gasteiger partial charge in [0.1, 0.15) is 5.70 Å². The topological polar surface area (TPSA) is 49.4 Å². The van der Waals surface area contributed by atoms with E-state index in [0.29, 0.717) is 21.3 Å². The molecule has 0 radical (unpaired) electrons. The Bertz CT molecular complexity index is 1200. The fraction of sp³-hybridized carbons (Fsp3) is 0.0833. The van der Waals surface area contributed by atoms with Gasteiger partial charge < -0.3 is 5.32 Å². The lowest BCUT2D eigenvalue weighted by Crippen LogP contribution is -2.32. The van der Waals surface area contributed by atoms with Crippen molar-refractivity contribution < 1.29 is 9.59 Å². The number of nitrogens with one attached hydrogen (secondary N) is 1. The van der Waals surface area contributed by atoms with Crippen LogP contribution in [0.2, 0.25) is 10.0 Å². The number of anilines is 2. The molecule has 6 heteroatoms. The first-order valence-electron chi connectivity index (χ1n) is 9.34. The summed E-state index contributed by atoms with van der Waals surface area (Å²) in [7, 11) is 0. The van der Waals surface area contributed by atoms with E-state index < -0.39 is 11.8 Å². The summed E-state index contributed by atoms with van der Waals surface area (Å²) in [5.74, 6) is -0.855. The fourth-order valence-corrected chi connectivity index (χ4v) is 3.63. The first-order valence-corrected chi connectivity index (χ1v) is 10.1. The third-order valence-electron chi connectivity index (χ3n) is 5.04. The second kappa shape index (κ2) is 7.98. The molecule has 3 aromatic carbocycles. The quantitative estimate of drug-likeness (QED) is 0.509. The first kappa shape index (κ1) is 20.2. The molecule has 150 valence electrons. The summed E-state index contributed by atoms with van der Waals surface area (Å²) >= 11 is 12.3. The number of carbonyl (C=O) groups is 2. The van der Waals surface area contributed by atoms with Crippen LogP contribution in [0.4, 0.5) is 11.4 Å². The largest absolute Gasteiger partial charge is 0.350 e. The van der Waals surface area contributed by atoms with Crippen LogP contribution in [-0.4, -0.2) is 11.8 Å². The number of halogens is 2. The van der Waals surface area contributed by atoms with Gasteiger partial charge in [-0.1, -0.05) is 59.6 Å². The van der Waals surface area contributed by atoms with Crippen molar-refractivity contribution in [1.29, 1.82) is 0 Å². The van der Waals surface area contributed by atoms with Gasteiger partial charge in [-0.15, -0.1) is 0 Å². The molecular weight excluding hydrogens is 419 g/mol.